The van der Waals surface area contributed by atoms with Gasteiger partial charge in [-0.1, -0.05) is 41.6 Å². The maximum Gasteiger partial charge on any atom is 0.125 e. The van der Waals surface area contributed by atoms with Crippen LogP contribution >= 0.6 is 0 Å². The molecule has 0 spiro atoms. The molecular formula is C26H33NO4. The van der Waals surface area contributed by atoms with Crippen molar-refractivity contribution in [3.8, 4) is 11.5 Å². The number of rotatable bonds is 10. The monoisotopic (exact) mass is 423 g/mol. The highest BCUT2D eigenvalue weighted by Gasteiger charge is 2.30. The standard InChI is InChI=1S/C26H33NO4/c1-5-6-14-29-23-15-19(2)26(20(3)16-23)31-25-9-7-8-24(25)30-18-22-12-10-21(11-13-22)17-27-28-4/h5-6,10-13,15-17,24-25H,7-9,14,18H2,1-4H3/b6-5+,27-17-. The van der Waals surface area contributed by atoms with E-state index in [2.05, 4.69) is 31.1 Å². The highest BCUT2D eigenvalue weighted by Crippen LogP contribution is 2.33. The number of aryl methyl sites for hydroxylation is 2. The second-order valence-corrected chi connectivity index (χ2v) is 7.86. The van der Waals surface area contributed by atoms with Crippen LogP contribution in [-0.4, -0.2) is 32.1 Å². The summed E-state index contributed by atoms with van der Waals surface area (Å²) in [5.41, 5.74) is 4.32. The molecule has 0 heterocycles. The highest BCUT2D eigenvalue weighted by atomic mass is 16.6. The zero-order chi connectivity index (χ0) is 22.1. The molecule has 1 saturated carbocycles. The Hall–Kier alpha value is -2.79. The fourth-order valence-corrected chi connectivity index (χ4v) is 3.81. The maximum atomic E-state index is 6.46. The number of allylic oxidation sites excluding steroid dienone is 1. The van der Waals surface area contributed by atoms with E-state index in [9.17, 15) is 0 Å². The van der Waals surface area contributed by atoms with Gasteiger partial charge in [0, 0.05) is 0 Å². The molecule has 0 N–H and O–H groups in total. The molecule has 1 aliphatic carbocycles. The van der Waals surface area contributed by atoms with Crippen LogP contribution in [0.4, 0.5) is 0 Å². The zero-order valence-electron chi connectivity index (χ0n) is 19.0. The van der Waals surface area contributed by atoms with Gasteiger partial charge >= 0.3 is 0 Å². The van der Waals surface area contributed by atoms with Crippen molar-refractivity contribution in [1.29, 1.82) is 0 Å². The predicted octanol–water partition coefficient (Wildman–Crippen LogP) is 5.76. The van der Waals surface area contributed by atoms with Gasteiger partial charge < -0.3 is 19.0 Å². The van der Waals surface area contributed by atoms with Gasteiger partial charge in [0.2, 0.25) is 0 Å². The molecular weight excluding hydrogens is 390 g/mol. The molecule has 0 saturated heterocycles. The smallest absolute Gasteiger partial charge is 0.125 e. The summed E-state index contributed by atoms with van der Waals surface area (Å²) in [6, 6.07) is 12.2. The van der Waals surface area contributed by atoms with E-state index in [0.717, 1.165) is 53.0 Å². The van der Waals surface area contributed by atoms with Crippen LogP contribution < -0.4 is 9.47 Å². The Morgan fingerprint density at radius 2 is 1.74 bits per heavy atom. The Morgan fingerprint density at radius 3 is 2.42 bits per heavy atom. The second-order valence-electron chi connectivity index (χ2n) is 7.86. The lowest BCUT2D eigenvalue weighted by atomic mass is 10.1. The number of ether oxygens (including phenoxy) is 3. The molecule has 3 rings (SSSR count). The van der Waals surface area contributed by atoms with Crippen molar-refractivity contribution < 1.29 is 19.0 Å². The van der Waals surface area contributed by atoms with Gasteiger partial charge in [-0.2, -0.15) is 0 Å². The van der Waals surface area contributed by atoms with E-state index in [-0.39, 0.29) is 12.2 Å². The summed E-state index contributed by atoms with van der Waals surface area (Å²) in [6.45, 7) is 7.29. The van der Waals surface area contributed by atoms with Crippen molar-refractivity contribution in [2.24, 2.45) is 5.16 Å². The van der Waals surface area contributed by atoms with Gasteiger partial charge in [0.15, 0.2) is 0 Å². The van der Waals surface area contributed by atoms with Crippen LogP contribution in [0.2, 0.25) is 0 Å². The van der Waals surface area contributed by atoms with Crippen LogP contribution in [0, 0.1) is 13.8 Å². The summed E-state index contributed by atoms with van der Waals surface area (Å²) in [5.74, 6) is 1.82. The molecule has 0 bridgehead atoms. The third kappa shape index (κ3) is 6.59. The van der Waals surface area contributed by atoms with Gasteiger partial charge in [0.05, 0.1) is 18.9 Å². The number of nitrogens with zero attached hydrogens (tertiary/aromatic N) is 1. The molecule has 5 nitrogen and oxygen atoms in total. The van der Waals surface area contributed by atoms with Crippen molar-refractivity contribution in [1.82, 2.24) is 0 Å². The van der Waals surface area contributed by atoms with E-state index >= 15 is 0 Å². The maximum absolute atomic E-state index is 6.46. The minimum Gasteiger partial charge on any atom is -0.490 e. The van der Waals surface area contributed by atoms with Gasteiger partial charge in [0.1, 0.15) is 31.3 Å². The summed E-state index contributed by atoms with van der Waals surface area (Å²) < 4.78 is 18.5. The lowest BCUT2D eigenvalue weighted by molar-refractivity contribution is -0.0175. The second kappa shape index (κ2) is 11.6. The first-order valence-corrected chi connectivity index (χ1v) is 10.9. The minimum atomic E-state index is 0.0697. The van der Waals surface area contributed by atoms with Gasteiger partial charge in [-0.3, -0.25) is 0 Å². The van der Waals surface area contributed by atoms with Crippen LogP contribution in [0.5, 0.6) is 11.5 Å². The third-order valence-corrected chi connectivity index (χ3v) is 5.43. The topological polar surface area (TPSA) is 49.3 Å². The number of benzene rings is 2. The molecule has 166 valence electrons. The fourth-order valence-electron chi connectivity index (χ4n) is 3.81. The lowest BCUT2D eigenvalue weighted by Crippen LogP contribution is -2.29. The number of hydrogen-bond donors (Lipinski definition) is 0. The predicted molar refractivity (Wildman–Crippen MR) is 124 cm³/mol. The molecule has 2 aromatic carbocycles. The average molecular weight is 424 g/mol. The quantitative estimate of drug-likeness (QED) is 0.277. The van der Waals surface area contributed by atoms with E-state index in [1.165, 1.54) is 7.11 Å². The molecule has 0 radical (unpaired) electrons. The SMILES string of the molecule is C/C=C/COc1cc(C)c(OC2CCCC2OCc2ccc(/C=N\OC)cc2)c(C)c1. The Morgan fingerprint density at radius 1 is 1.03 bits per heavy atom. The largest absolute Gasteiger partial charge is 0.490 e. The first kappa shape index (κ1) is 22.9. The normalized spacial score (nSPS) is 18.7. The lowest BCUT2D eigenvalue weighted by Gasteiger charge is -2.24. The van der Waals surface area contributed by atoms with Crippen molar-refractivity contribution in [2.75, 3.05) is 13.7 Å². The van der Waals surface area contributed by atoms with Crippen LogP contribution in [0.15, 0.2) is 53.7 Å². The molecule has 1 aliphatic rings. The Bertz CT molecular complexity index is 866. The van der Waals surface area contributed by atoms with Crippen LogP contribution in [0.1, 0.15) is 48.4 Å². The first-order chi connectivity index (χ1) is 15.1. The fraction of sp³-hybridized carbons (Fsp3) is 0.423. The molecule has 0 aromatic heterocycles. The summed E-state index contributed by atoms with van der Waals surface area (Å²) >= 11 is 0. The minimum absolute atomic E-state index is 0.0697. The summed E-state index contributed by atoms with van der Waals surface area (Å²) in [5, 5.41) is 3.78. The Kier molecular flexibility index (Phi) is 8.53. The van der Waals surface area contributed by atoms with Gasteiger partial charge in [-0.15, -0.1) is 0 Å². The molecule has 2 aromatic rings. The molecule has 2 unspecified atom stereocenters. The zero-order valence-corrected chi connectivity index (χ0v) is 19.0. The van der Waals surface area contributed by atoms with Gasteiger partial charge in [-0.05, 0) is 74.4 Å². The van der Waals surface area contributed by atoms with Crippen molar-refractivity contribution >= 4 is 6.21 Å². The average Bonchev–Trinajstić information content (AvgIpc) is 3.21. The van der Waals surface area contributed by atoms with Crippen LogP contribution in [-0.2, 0) is 16.2 Å². The number of hydrogen-bond acceptors (Lipinski definition) is 5. The Labute approximate surface area is 185 Å². The summed E-state index contributed by atoms with van der Waals surface area (Å²) in [4.78, 5) is 4.72. The Balaban J connectivity index is 1.58. The highest BCUT2D eigenvalue weighted by molar-refractivity contribution is 5.79. The van der Waals surface area contributed by atoms with Gasteiger partial charge in [-0.25, -0.2) is 0 Å². The van der Waals surface area contributed by atoms with E-state index in [0.29, 0.717) is 13.2 Å². The van der Waals surface area contributed by atoms with Crippen molar-refractivity contribution in [3.63, 3.8) is 0 Å². The molecule has 2 atom stereocenters. The molecule has 0 amide bonds. The molecule has 0 aliphatic heterocycles. The molecule has 1 fully saturated rings. The molecule has 5 heteroatoms. The first-order valence-electron chi connectivity index (χ1n) is 10.9. The van der Waals surface area contributed by atoms with Crippen molar-refractivity contribution in [2.45, 2.75) is 58.8 Å². The molecule has 31 heavy (non-hydrogen) atoms. The van der Waals surface area contributed by atoms with Gasteiger partial charge in [0.25, 0.3) is 0 Å². The van der Waals surface area contributed by atoms with E-state index < -0.39 is 0 Å². The van der Waals surface area contributed by atoms with Crippen LogP contribution in [0.25, 0.3) is 0 Å². The number of oxime groups is 1. The van der Waals surface area contributed by atoms with Crippen molar-refractivity contribution in [3.05, 3.63) is 70.8 Å². The van der Waals surface area contributed by atoms with Crippen LogP contribution in [0.3, 0.4) is 0 Å². The van der Waals surface area contributed by atoms with E-state index in [4.69, 9.17) is 19.0 Å². The summed E-state index contributed by atoms with van der Waals surface area (Å²) in [6.07, 6.45) is 8.98. The van der Waals surface area contributed by atoms with E-state index in [1.54, 1.807) is 6.21 Å². The third-order valence-electron chi connectivity index (χ3n) is 5.43. The van der Waals surface area contributed by atoms with E-state index in [1.807, 2.05) is 43.3 Å². The summed E-state index contributed by atoms with van der Waals surface area (Å²) in [7, 11) is 1.54.